The predicted molar refractivity (Wildman–Crippen MR) is 127 cm³/mol. The van der Waals surface area contributed by atoms with E-state index in [1.165, 1.54) is 32.1 Å². The Kier molecular flexibility index (Phi) is 6.25. The van der Waals surface area contributed by atoms with E-state index >= 15 is 0 Å². The van der Waals surface area contributed by atoms with Crippen molar-refractivity contribution in [3.63, 3.8) is 0 Å². The second-order valence-electron chi connectivity index (χ2n) is 8.05. The average molecular weight is 450 g/mol. The van der Waals surface area contributed by atoms with Crippen LogP contribution < -0.4 is 19.0 Å². The molecule has 1 aliphatic carbocycles. The van der Waals surface area contributed by atoms with E-state index in [1.807, 2.05) is 41.1 Å². The Bertz CT molecular complexity index is 1160. The Morgan fingerprint density at radius 1 is 1.00 bits per heavy atom. The van der Waals surface area contributed by atoms with Crippen molar-refractivity contribution >= 4 is 23.2 Å². The Balaban J connectivity index is 1.55. The van der Waals surface area contributed by atoms with E-state index < -0.39 is 0 Å². The molecule has 0 radical (unpaired) electrons. The molecule has 5 rings (SSSR count). The molecular weight excluding hydrogens is 422 g/mol. The molecule has 166 valence electrons. The molecule has 3 aromatic rings. The molecule has 2 aliphatic rings. The lowest BCUT2D eigenvalue weighted by atomic mass is 9.90. The monoisotopic (exact) mass is 449 g/mol. The van der Waals surface area contributed by atoms with E-state index in [0.717, 1.165) is 39.0 Å². The lowest BCUT2D eigenvalue weighted by Crippen LogP contribution is -2.16. The third kappa shape index (κ3) is 4.58. The summed E-state index contributed by atoms with van der Waals surface area (Å²) in [6.45, 7) is 1.15. The molecule has 1 fully saturated rings. The van der Waals surface area contributed by atoms with Crippen LogP contribution in [0.1, 0.15) is 32.1 Å². The van der Waals surface area contributed by atoms with Crippen LogP contribution in [0.4, 0.5) is 5.69 Å². The molecule has 1 saturated carbocycles. The summed E-state index contributed by atoms with van der Waals surface area (Å²) in [6.07, 6.45) is 8.42. The summed E-state index contributed by atoms with van der Waals surface area (Å²) in [7, 11) is 1.67. The van der Waals surface area contributed by atoms with E-state index in [0.29, 0.717) is 19.1 Å². The van der Waals surface area contributed by atoms with E-state index in [2.05, 4.69) is 17.7 Å². The molecule has 0 bridgehead atoms. The fourth-order valence-corrected chi connectivity index (χ4v) is 4.96. The zero-order chi connectivity index (χ0) is 21.8. The van der Waals surface area contributed by atoms with Gasteiger partial charge in [-0.25, -0.2) is 9.67 Å². The highest BCUT2D eigenvalue weighted by atomic mass is 32.1. The minimum absolute atomic E-state index is 0.526. The molecule has 0 unspecified atom stereocenters. The van der Waals surface area contributed by atoms with Gasteiger partial charge < -0.3 is 14.2 Å². The van der Waals surface area contributed by atoms with Crippen molar-refractivity contribution < 1.29 is 14.2 Å². The zero-order valence-corrected chi connectivity index (χ0v) is 19.0. The normalized spacial score (nSPS) is 17.1. The third-order valence-electron chi connectivity index (χ3n) is 5.86. The van der Waals surface area contributed by atoms with E-state index in [9.17, 15) is 0 Å². The molecular formula is C25H27N3O3S. The number of ether oxygens (including phenoxy) is 3. The summed E-state index contributed by atoms with van der Waals surface area (Å²) < 4.78 is 18.7. The van der Waals surface area contributed by atoms with Crippen LogP contribution >= 0.6 is 11.3 Å². The largest absolute Gasteiger partial charge is 0.497 e. The Hall–Kier alpha value is -3.06. The minimum Gasteiger partial charge on any atom is -0.497 e. The van der Waals surface area contributed by atoms with Crippen molar-refractivity contribution in [2.75, 3.05) is 20.3 Å². The summed E-state index contributed by atoms with van der Waals surface area (Å²) in [5.74, 6) is 2.90. The van der Waals surface area contributed by atoms with E-state index in [-0.39, 0.29) is 0 Å². The van der Waals surface area contributed by atoms with E-state index in [1.54, 1.807) is 18.4 Å². The van der Waals surface area contributed by atoms with Gasteiger partial charge in [-0.2, -0.15) is 5.10 Å². The number of benzene rings is 2. The lowest BCUT2D eigenvalue weighted by molar-refractivity contribution is 0.171. The van der Waals surface area contributed by atoms with Gasteiger partial charge in [0, 0.05) is 17.2 Å². The molecule has 0 amide bonds. The highest BCUT2D eigenvalue weighted by molar-refractivity contribution is 7.07. The van der Waals surface area contributed by atoms with Crippen molar-refractivity contribution in [2.45, 2.75) is 32.1 Å². The second kappa shape index (κ2) is 9.61. The summed E-state index contributed by atoms with van der Waals surface area (Å²) in [6, 6.07) is 13.8. The van der Waals surface area contributed by atoms with Crippen molar-refractivity contribution in [3.8, 4) is 28.5 Å². The van der Waals surface area contributed by atoms with Gasteiger partial charge in [0.1, 0.15) is 19.0 Å². The maximum Gasteiger partial charge on any atom is 0.211 e. The summed E-state index contributed by atoms with van der Waals surface area (Å²) >= 11 is 1.58. The quantitative estimate of drug-likeness (QED) is 0.474. The average Bonchev–Trinajstić information content (AvgIpc) is 3.25. The van der Waals surface area contributed by atoms with Gasteiger partial charge in [0.15, 0.2) is 11.5 Å². The molecule has 0 N–H and O–H groups in total. The SMILES string of the molecule is COc1ccc(N=c2scc(-c3ccc4c(c3)OCCO4)n2/N=C\C2CCCCC2)cc1. The maximum absolute atomic E-state index is 5.80. The van der Waals surface area contributed by atoms with Crippen molar-refractivity contribution in [3.05, 3.63) is 52.6 Å². The first kappa shape index (κ1) is 20.8. The van der Waals surface area contributed by atoms with Gasteiger partial charge in [-0.05, 0) is 61.2 Å². The van der Waals surface area contributed by atoms with Crippen LogP contribution in [0.25, 0.3) is 11.3 Å². The maximum atomic E-state index is 5.80. The summed E-state index contributed by atoms with van der Waals surface area (Å²) in [5.41, 5.74) is 2.89. The number of methoxy groups -OCH3 is 1. The lowest BCUT2D eigenvalue weighted by Gasteiger charge is -2.19. The number of rotatable bonds is 5. The smallest absolute Gasteiger partial charge is 0.211 e. The summed E-state index contributed by atoms with van der Waals surface area (Å²) in [4.78, 5) is 5.70. The van der Waals surface area contributed by atoms with Gasteiger partial charge in [0.05, 0.1) is 18.5 Å². The van der Waals surface area contributed by atoms with Gasteiger partial charge in [0.25, 0.3) is 0 Å². The molecule has 6 nitrogen and oxygen atoms in total. The van der Waals surface area contributed by atoms with Gasteiger partial charge in [-0.1, -0.05) is 19.3 Å². The number of hydrogen-bond donors (Lipinski definition) is 0. The van der Waals surface area contributed by atoms with Crippen LogP contribution in [0.2, 0.25) is 0 Å². The molecule has 2 aromatic carbocycles. The highest BCUT2D eigenvalue weighted by Gasteiger charge is 2.16. The molecule has 1 aliphatic heterocycles. The van der Waals surface area contributed by atoms with Crippen LogP contribution in [0, 0.1) is 5.92 Å². The molecule has 0 atom stereocenters. The minimum atomic E-state index is 0.526. The second-order valence-corrected chi connectivity index (χ2v) is 8.88. The Labute approximate surface area is 191 Å². The molecule has 32 heavy (non-hydrogen) atoms. The molecule has 0 saturated heterocycles. The van der Waals surface area contributed by atoms with Gasteiger partial charge >= 0.3 is 0 Å². The standard InChI is InChI=1S/C25H27N3O3S/c1-29-21-10-8-20(9-11-21)27-25-28(26-16-18-5-3-2-4-6-18)22(17-32-25)19-7-12-23-24(15-19)31-14-13-30-23/h7-12,15-18H,2-6,13-14H2,1H3/b26-16-,27-25?. The molecule has 0 spiro atoms. The van der Waals surface area contributed by atoms with Crippen molar-refractivity contribution in [1.29, 1.82) is 0 Å². The van der Waals surface area contributed by atoms with Crippen molar-refractivity contribution in [1.82, 2.24) is 4.68 Å². The van der Waals surface area contributed by atoms with Crippen LogP contribution in [0.5, 0.6) is 17.2 Å². The Morgan fingerprint density at radius 3 is 2.56 bits per heavy atom. The fraction of sp³-hybridized carbons (Fsp3) is 0.360. The topological polar surface area (TPSA) is 57.3 Å². The Morgan fingerprint density at radius 2 is 1.78 bits per heavy atom. The van der Waals surface area contributed by atoms with Crippen LogP contribution in [0.3, 0.4) is 0 Å². The van der Waals surface area contributed by atoms with Crippen LogP contribution in [-0.2, 0) is 0 Å². The van der Waals surface area contributed by atoms with Gasteiger partial charge in [-0.3, -0.25) is 0 Å². The highest BCUT2D eigenvalue weighted by Crippen LogP contribution is 2.35. The molecule has 7 heteroatoms. The number of thiazole rings is 1. The fourth-order valence-electron chi connectivity index (χ4n) is 4.10. The van der Waals surface area contributed by atoms with Crippen molar-refractivity contribution in [2.24, 2.45) is 16.0 Å². The number of hydrogen-bond acceptors (Lipinski definition) is 6. The number of nitrogens with zero attached hydrogens (tertiary/aromatic N) is 3. The van der Waals surface area contributed by atoms with Crippen LogP contribution in [-0.4, -0.2) is 31.2 Å². The van der Waals surface area contributed by atoms with Gasteiger partial charge in [-0.15, -0.1) is 11.3 Å². The zero-order valence-electron chi connectivity index (χ0n) is 18.2. The van der Waals surface area contributed by atoms with Gasteiger partial charge in [0.2, 0.25) is 4.80 Å². The first-order chi connectivity index (χ1) is 15.8. The predicted octanol–water partition coefficient (Wildman–Crippen LogP) is 5.64. The molecule has 2 heterocycles. The number of aromatic nitrogens is 1. The molecule has 1 aromatic heterocycles. The van der Waals surface area contributed by atoms with Crippen LogP contribution in [0.15, 0.2) is 57.9 Å². The van der Waals surface area contributed by atoms with E-state index in [4.69, 9.17) is 24.3 Å². The number of fused-ring (bicyclic) bond motifs is 1. The first-order valence-electron chi connectivity index (χ1n) is 11.1. The third-order valence-corrected chi connectivity index (χ3v) is 6.68. The summed E-state index contributed by atoms with van der Waals surface area (Å²) in [5, 5.41) is 7.02. The first-order valence-corrected chi connectivity index (χ1v) is 12.0.